The average Bonchev–Trinajstić information content (AvgIpc) is 3.63. The molecule has 2 aliphatic heterocycles. The Morgan fingerprint density at radius 1 is 1.17 bits per heavy atom. The van der Waals surface area contributed by atoms with Gasteiger partial charge in [-0.1, -0.05) is 18.2 Å². The van der Waals surface area contributed by atoms with Crippen LogP contribution in [0.25, 0.3) is 11.3 Å². The van der Waals surface area contributed by atoms with Gasteiger partial charge < -0.3 is 24.7 Å². The van der Waals surface area contributed by atoms with Crippen LogP contribution in [0, 0.1) is 11.3 Å². The first kappa shape index (κ1) is 20.8. The van der Waals surface area contributed by atoms with Gasteiger partial charge in [0.2, 0.25) is 18.6 Å². The Labute approximate surface area is 202 Å². The van der Waals surface area contributed by atoms with Gasteiger partial charge in [-0.25, -0.2) is 4.79 Å². The number of thiophene rings is 1. The number of hydrogen-bond donors (Lipinski definition) is 2. The highest BCUT2D eigenvalue weighted by Crippen LogP contribution is 2.47. The zero-order chi connectivity index (χ0) is 23.9. The molecule has 4 aromatic rings. The van der Waals surface area contributed by atoms with Crippen LogP contribution in [-0.4, -0.2) is 23.0 Å². The molecule has 4 heterocycles. The summed E-state index contributed by atoms with van der Waals surface area (Å²) in [6.45, 7) is 0.153. The largest absolute Gasteiger partial charge is 0.454 e. The van der Waals surface area contributed by atoms with Gasteiger partial charge in [0.1, 0.15) is 22.3 Å². The SMILES string of the molecule is N#CC1=C(N)Oc2n[nH]c(-c3ccc4c(c3)OCO4)c2C1c1cccc(OC(=O)c2cccs2)c1. The number of rotatable bonds is 4. The first-order chi connectivity index (χ1) is 17.1. The molecule has 0 amide bonds. The van der Waals surface area contributed by atoms with Crippen LogP contribution in [0.5, 0.6) is 23.1 Å². The number of esters is 1. The average molecular weight is 484 g/mol. The lowest BCUT2D eigenvalue weighted by Crippen LogP contribution is -2.21. The molecule has 35 heavy (non-hydrogen) atoms. The summed E-state index contributed by atoms with van der Waals surface area (Å²) in [7, 11) is 0. The summed E-state index contributed by atoms with van der Waals surface area (Å²) in [5, 5.41) is 19.1. The fourth-order valence-corrected chi connectivity index (χ4v) is 4.76. The third kappa shape index (κ3) is 3.55. The smallest absolute Gasteiger partial charge is 0.353 e. The molecular formula is C25H16N4O5S. The first-order valence-corrected chi connectivity index (χ1v) is 11.4. The highest BCUT2D eigenvalue weighted by molar-refractivity contribution is 7.12. The number of H-pyrrole nitrogens is 1. The van der Waals surface area contributed by atoms with E-state index in [9.17, 15) is 10.1 Å². The van der Waals surface area contributed by atoms with Gasteiger partial charge in [0.15, 0.2) is 11.5 Å². The number of fused-ring (bicyclic) bond motifs is 2. The number of allylic oxidation sites excluding steroid dienone is 1. The van der Waals surface area contributed by atoms with Crippen LogP contribution in [0.4, 0.5) is 0 Å². The predicted octanol–water partition coefficient (Wildman–Crippen LogP) is 4.30. The maximum atomic E-state index is 12.5. The highest BCUT2D eigenvalue weighted by atomic mass is 32.1. The Hall–Kier alpha value is -4.75. The minimum Gasteiger partial charge on any atom is -0.454 e. The van der Waals surface area contributed by atoms with Crippen LogP contribution in [-0.2, 0) is 0 Å². The first-order valence-electron chi connectivity index (χ1n) is 10.5. The summed E-state index contributed by atoms with van der Waals surface area (Å²) in [5.41, 5.74) is 9.06. The molecule has 0 saturated carbocycles. The lowest BCUT2D eigenvalue weighted by Gasteiger charge is -2.24. The highest BCUT2D eigenvalue weighted by Gasteiger charge is 2.36. The molecule has 172 valence electrons. The van der Waals surface area contributed by atoms with Crippen molar-refractivity contribution in [2.24, 2.45) is 5.73 Å². The molecule has 9 nitrogen and oxygen atoms in total. The maximum absolute atomic E-state index is 12.5. The molecule has 0 radical (unpaired) electrons. The van der Waals surface area contributed by atoms with Crippen LogP contribution in [0.1, 0.15) is 26.7 Å². The van der Waals surface area contributed by atoms with E-state index in [2.05, 4.69) is 16.3 Å². The number of benzene rings is 2. The molecule has 0 spiro atoms. The minimum absolute atomic E-state index is 0.0327. The van der Waals surface area contributed by atoms with Crippen molar-refractivity contribution in [3.8, 4) is 40.5 Å². The zero-order valence-electron chi connectivity index (χ0n) is 18.0. The second kappa shape index (κ2) is 8.23. The molecule has 1 unspecified atom stereocenters. The van der Waals surface area contributed by atoms with Gasteiger partial charge in [0, 0.05) is 5.56 Å². The third-order valence-electron chi connectivity index (χ3n) is 5.72. The number of nitriles is 1. The van der Waals surface area contributed by atoms with Gasteiger partial charge in [-0.05, 0) is 47.3 Å². The summed E-state index contributed by atoms with van der Waals surface area (Å²) in [4.78, 5) is 13.0. The summed E-state index contributed by atoms with van der Waals surface area (Å²) in [5.74, 6) is 0.773. The maximum Gasteiger partial charge on any atom is 0.353 e. The van der Waals surface area contributed by atoms with Crippen molar-refractivity contribution in [3.05, 3.63) is 87.4 Å². The number of hydrogen-bond acceptors (Lipinski definition) is 9. The van der Waals surface area contributed by atoms with E-state index in [1.165, 1.54) is 11.3 Å². The summed E-state index contributed by atoms with van der Waals surface area (Å²) in [6, 6.07) is 18.2. The van der Waals surface area contributed by atoms with Crippen LogP contribution in [0.3, 0.4) is 0 Å². The van der Waals surface area contributed by atoms with E-state index in [1.54, 1.807) is 35.7 Å². The normalized spacial score (nSPS) is 15.8. The van der Waals surface area contributed by atoms with E-state index >= 15 is 0 Å². The fraction of sp³-hybridized carbons (Fsp3) is 0.0800. The van der Waals surface area contributed by atoms with Crippen molar-refractivity contribution in [1.82, 2.24) is 10.2 Å². The molecule has 2 aliphatic rings. The Bertz CT molecular complexity index is 1530. The van der Waals surface area contributed by atoms with Crippen molar-refractivity contribution >= 4 is 17.3 Å². The third-order valence-corrected chi connectivity index (χ3v) is 6.57. The Balaban J connectivity index is 1.44. The van der Waals surface area contributed by atoms with Crippen molar-refractivity contribution in [3.63, 3.8) is 0 Å². The number of nitrogens with zero attached hydrogens (tertiary/aromatic N) is 2. The molecule has 10 heteroatoms. The quantitative estimate of drug-likeness (QED) is 0.324. The standard InChI is InChI=1S/C25H16N4O5S/c26-11-16-20(13-3-1-4-15(9-13)33-25(30)19-5-2-8-35-19)21-22(28-29-24(21)34-23(16)27)14-6-7-17-18(10-14)32-12-31-17/h1-10,20H,12,27H2,(H,28,29). The van der Waals surface area contributed by atoms with Crippen molar-refractivity contribution < 1.29 is 23.7 Å². The molecule has 0 aliphatic carbocycles. The number of carbonyl (C=O) groups excluding carboxylic acids is 1. The van der Waals surface area contributed by atoms with Crippen molar-refractivity contribution in [2.75, 3.05) is 6.79 Å². The van der Waals surface area contributed by atoms with Gasteiger partial charge in [-0.3, -0.25) is 5.10 Å². The molecule has 0 saturated heterocycles. The lowest BCUT2D eigenvalue weighted by molar-refractivity contribution is 0.0739. The van der Waals surface area contributed by atoms with Gasteiger partial charge in [0.05, 0.1) is 17.2 Å². The number of ether oxygens (including phenoxy) is 4. The predicted molar refractivity (Wildman–Crippen MR) is 125 cm³/mol. The van der Waals surface area contributed by atoms with Crippen LogP contribution >= 0.6 is 11.3 Å². The molecule has 3 N–H and O–H groups in total. The van der Waals surface area contributed by atoms with E-state index < -0.39 is 11.9 Å². The number of aromatic nitrogens is 2. The second-order valence-corrected chi connectivity index (χ2v) is 8.70. The molecule has 1 atom stereocenters. The van der Waals surface area contributed by atoms with Gasteiger partial charge in [0.25, 0.3) is 0 Å². The zero-order valence-corrected chi connectivity index (χ0v) is 18.8. The molecular weight excluding hydrogens is 468 g/mol. The second-order valence-electron chi connectivity index (χ2n) is 7.75. The molecule has 0 bridgehead atoms. The summed E-state index contributed by atoms with van der Waals surface area (Å²) >= 11 is 1.30. The van der Waals surface area contributed by atoms with E-state index in [0.29, 0.717) is 38.9 Å². The van der Waals surface area contributed by atoms with Crippen LogP contribution in [0.15, 0.2) is 71.4 Å². The van der Waals surface area contributed by atoms with Gasteiger partial charge >= 0.3 is 5.97 Å². The topological polar surface area (TPSA) is 132 Å². The molecule has 2 aromatic heterocycles. The van der Waals surface area contributed by atoms with Gasteiger partial charge in [-0.15, -0.1) is 16.4 Å². The number of carbonyl (C=O) groups is 1. The minimum atomic E-state index is -0.608. The monoisotopic (exact) mass is 484 g/mol. The fourth-order valence-electron chi connectivity index (χ4n) is 4.16. The van der Waals surface area contributed by atoms with E-state index in [0.717, 1.165) is 5.56 Å². The van der Waals surface area contributed by atoms with Gasteiger partial charge in [-0.2, -0.15) is 5.26 Å². The number of aromatic amines is 1. The van der Waals surface area contributed by atoms with Crippen LogP contribution in [0.2, 0.25) is 0 Å². The Kier molecular flexibility index (Phi) is 4.90. The number of nitrogens with one attached hydrogen (secondary N) is 1. The van der Waals surface area contributed by atoms with Crippen molar-refractivity contribution in [2.45, 2.75) is 5.92 Å². The van der Waals surface area contributed by atoms with Crippen molar-refractivity contribution in [1.29, 1.82) is 5.26 Å². The lowest BCUT2D eigenvalue weighted by atomic mass is 9.83. The van der Waals surface area contributed by atoms with Crippen LogP contribution < -0.4 is 24.7 Å². The Morgan fingerprint density at radius 2 is 2.06 bits per heavy atom. The van der Waals surface area contributed by atoms with E-state index in [-0.39, 0.29) is 24.1 Å². The summed E-state index contributed by atoms with van der Waals surface area (Å²) < 4.78 is 22.2. The molecule has 0 fully saturated rings. The van der Waals surface area contributed by atoms with E-state index in [4.69, 9.17) is 24.7 Å². The van der Waals surface area contributed by atoms with E-state index in [1.807, 2.05) is 24.3 Å². The Morgan fingerprint density at radius 3 is 2.89 bits per heavy atom. The molecule has 6 rings (SSSR count). The number of nitrogens with two attached hydrogens (primary N) is 1. The summed E-state index contributed by atoms with van der Waals surface area (Å²) in [6.07, 6.45) is 0. The molecule has 2 aromatic carbocycles.